The van der Waals surface area contributed by atoms with E-state index in [-0.39, 0.29) is 17.3 Å². The van der Waals surface area contributed by atoms with E-state index in [1.807, 2.05) is 6.92 Å². The molecule has 0 aliphatic carbocycles. The van der Waals surface area contributed by atoms with Gasteiger partial charge in [0.25, 0.3) is 10.0 Å². The smallest absolute Gasteiger partial charge is 0.264 e. The van der Waals surface area contributed by atoms with Crippen molar-refractivity contribution < 1.29 is 22.4 Å². The molecule has 2 amide bonds. The molecule has 0 spiro atoms. The highest BCUT2D eigenvalue weighted by molar-refractivity contribution is 9.10. The lowest BCUT2D eigenvalue weighted by Crippen LogP contribution is -2.51. The molecule has 0 aliphatic rings. The topological polar surface area (TPSA) is 86.8 Å². The van der Waals surface area contributed by atoms with Gasteiger partial charge in [-0.05, 0) is 67.4 Å². The highest BCUT2D eigenvalue weighted by Gasteiger charge is 2.33. The van der Waals surface area contributed by atoms with E-state index in [0.29, 0.717) is 17.7 Å². The molecule has 7 nitrogen and oxygen atoms in total. The molecule has 3 rings (SSSR count). The van der Waals surface area contributed by atoms with E-state index in [0.717, 1.165) is 14.3 Å². The molecule has 0 saturated heterocycles. The minimum Gasteiger partial charge on any atom is -0.357 e. The third-order valence-electron chi connectivity index (χ3n) is 5.90. The van der Waals surface area contributed by atoms with Crippen molar-refractivity contribution in [2.24, 2.45) is 0 Å². The van der Waals surface area contributed by atoms with Crippen molar-refractivity contribution in [1.29, 1.82) is 0 Å². The molecule has 0 aliphatic heterocycles. The van der Waals surface area contributed by atoms with Gasteiger partial charge < -0.3 is 10.2 Å². The Labute approximate surface area is 225 Å². The van der Waals surface area contributed by atoms with Crippen LogP contribution in [-0.4, -0.2) is 44.8 Å². The minimum absolute atomic E-state index is 0.00377. The first-order valence-electron chi connectivity index (χ1n) is 11.7. The molecule has 0 aromatic heterocycles. The minimum atomic E-state index is -4.13. The summed E-state index contributed by atoms with van der Waals surface area (Å²) in [7, 11) is -2.65. The van der Waals surface area contributed by atoms with Gasteiger partial charge in [0.05, 0.1) is 10.6 Å². The number of nitrogens with zero attached hydrogens (tertiary/aromatic N) is 2. The Hall–Kier alpha value is -3.24. The van der Waals surface area contributed by atoms with E-state index in [9.17, 15) is 22.4 Å². The number of likely N-dealkylation sites (N-methyl/N-ethyl adjacent to an activating group) is 1. The highest BCUT2D eigenvalue weighted by Crippen LogP contribution is 2.26. The number of anilines is 1. The molecule has 0 heterocycles. The van der Waals surface area contributed by atoms with Crippen molar-refractivity contribution in [2.75, 3.05) is 17.9 Å². The van der Waals surface area contributed by atoms with Crippen molar-refractivity contribution in [1.82, 2.24) is 10.2 Å². The van der Waals surface area contributed by atoms with Crippen LogP contribution in [0.2, 0.25) is 0 Å². The summed E-state index contributed by atoms with van der Waals surface area (Å²) in [5, 5.41) is 2.57. The number of rotatable bonds is 10. The molecule has 3 aromatic carbocycles. The van der Waals surface area contributed by atoms with Crippen molar-refractivity contribution in [3.05, 3.63) is 94.2 Å². The van der Waals surface area contributed by atoms with Crippen LogP contribution in [0.4, 0.5) is 10.1 Å². The third kappa shape index (κ3) is 6.95. The molecule has 0 unspecified atom stereocenters. The maximum atomic E-state index is 13.8. The second-order valence-electron chi connectivity index (χ2n) is 8.49. The standard InChI is InChI=1S/C27H29BrFN3O4S/c1-4-25(27(34)30-3)31(17-20-7-11-22(29)12-8-20)26(33)18-32(23-13-9-21(28)10-14-23)37(35,36)24-15-5-19(2)6-16-24/h5-16,25H,4,17-18H2,1-3H3,(H,30,34)/t25-/m1/s1. The molecule has 1 atom stereocenters. The van der Waals surface area contributed by atoms with Crippen molar-refractivity contribution in [3.8, 4) is 0 Å². The van der Waals surface area contributed by atoms with Gasteiger partial charge in [0.2, 0.25) is 11.8 Å². The van der Waals surface area contributed by atoms with E-state index in [4.69, 9.17) is 0 Å². The zero-order valence-electron chi connectivity index (χ0n) is 20.8. The van der Waals surface area contributed by atoms with Crippen LogP contribution in [0.3, 0.4) is 0 Å². The van der Waals surface area contributed by atoms with E-state index in [1.54, 1.807) is 43.3 Å². The zero-order valence-corrected chi connectivity index (χ0v) is 23.2. The maximum absolute atomic E-state index is 13.8. The molecule has 10 heteroatoms. The zero-order chi connectivity index (χ0) is 27.2. The Bertz CT molecular complexity index is 1330. The molecule has 0 saturated carbocycles. The van der Waals surface area contributed by atoms with Gasteiger partial charge in [-0.3, -0.25) is 13.9 Å². The maximum Gasteiger partial charge on any atom is 0.264 e. The number of hydrogen-bond donors (Lipinski definition) is 1. The van der Waals surface area contributed by atoms with Gasteiger partial charge in [-0.1, -0.05) is 52.7 Å². The number of sulfonamides is 1. The molecule has 196 valence electrons. The van der Waals surface area contributed by atoms with E-state index in [1.165, 1.54) is 48.3 Å². The van der Waals surface area contributed by atoms with Gasteiger partial charge in [0.1, 0.15) is 18.4 Å². The Morgan fingerprint density at radius 2 is 1.57 bits per heavy atom. The van der Waals surface area contributed by atoms with Gasteiger partial charge in [0, 0.05) is 18.1 Å². The molecular formula is C27H29BrFN3O4S. The molecule has 37 heavy (non-hydrogen) atoms. The normalized spacial score (nSPS) is 12.0. The fourth-order valence-electron chi connectivity index (χ4n) is 3.85. The van der Waals surface area contributed by atoms with Crippen molar-refractivity contribution >= 4 is 43.5 Å². The Morgan fingerprint density at radius 1 is 0.973 bits per heavy atom. The van der Waals surface area contributed by atoms with Crippen LogP contribution in [0.1, 0.15) is 24.5 Å². The van der Waals surface area contributed by atoms with Crippen LogP contribution in [0.5, 0.6) is 0 Å². The fraction of sp³-hybridized carbons (Fsp3) is 0.259. The van der Waals surface area contributed by atoms with Crippen LogP contribution in [0.25, 0.3) is 0 Å². The first-order valence-corrected chi connectivity index (χ1v) is 13.9. The van der Waals surface area contributed by atoms with Gasteiger partial charge in [-0.15, -0.1) is 0 Å². The molecular weight excluding hydrogens is 561 g/mol. The van der Waals surface area contributed by atoms with E-state index >= 15 is 0 Å². The molecule has 0 radical (unpaired) electrons. The average molecular weight is 591 g/mol. The van der Waals surface area contributed by atoms with Crippen LogP contribution in [0, 0.1) is 12.7 Å². The van der Waals surface area contributed by atoms with Crippen LogP contribution in [0.15, 0.2) is 82.2 Å². The number of amides is 2. The largest absolute Gasteiger partial charge is 0.357 e. The number of halogens is 2. The monoisotopic (exact) mass is 589 g/mol. The summed E-state index contributed by atoms with van der Waals surface area (Å²) in [5.41, 5.74) is 1.80. The van der Waals surface area contributed by atoms with E-state index < -0.39 is 34.3 Å². The second kappa shape index (κ2) is 12.3. The summed E-state index contributed by atoms with van der Waals surface area (Å²) >= 11 is 3.35. The quantitative estimate of drug-likeness (QED) is 0.373. The van der Waals surface area contributed by atoms with Crippen LogP contribution in [-0.2, 0) is 26.2 Å². The lowest BCUT2D eigenvalue weighted by molar-refractivity contribution is -0.140. The number of benzene rings is 3. The Balaban J connectivity index is 2.04. The predicted molar refractivity (Wildman–Crippen MR) is 145 cm³/mol. The second-order valence-corrected chi connectivity index (χ2v) is 11.3. The first-order chi connectivity index (χ1) is 17.6. The van der Waals surface area contributed by atoms with Crippen molar-refractivity contribution in [3.63, 3.8) is 0 Å². The summed E-state index contributed by atoms with van der Waals surface area (Å²) in [4.78, 5) is 27.8. The summed E-state index contributed by atoms with van der Waals surface area (Å²) < 4.78 is 42.7. The lowest BCUT2D eigenvalue weighted by Gasteiger charge is -2.33. The van der Waals surface area contributed by atoms with Crippen LogP contribution < -0.4 is 9.62 Å². The number of carbonyl (C=O) groups is 2. The predicted octanol–water partition coefficient (Wildman–Crippen LogP) is 4.65. The van der Waals surface area contributed by atoms with Gasteiger partial charge in [0.15, 0.2) is 0 Å². The van der Waals surface area contributed by atoms with Crippen molar-refractivity contribution in [2.45, 2.75) is 37.8 Å². The molecule has 0 fully saturated rings. The number of hydrogen-bond acceptors (Lipinski definition) is 4. The fourth-order valence-corrected chi connectivity index (χ4v) is 5.52. The van der Waals surface area contributed by atoms with Gasteiger partial charge in [-0.2, -0.15) is 0 Å². The number of aryl methyl sites for hydroxylation is 1. The average Bonchev–Trinajstić information content (AvgIpc) is 2.88. The Kier molecular flexibility index (Phi) is 9.45. The summed E-state index contributed by atoms with van der Waals surface area (Å²) in [5.74, 6) is -1.38. The Morgan fingerprint density at radius 3 is 2.11 bits per heavy atom. The highest BCUT2D eigenvalue weighted by atomic mass is 79.9. The number of nitrogens with one attached hydrogen (secondary N) is 1. The number of carbonyl (C=O) groups excluding carboxylic acids is 2. The lowest BCUT2D eigenvalue weighted by atomic mass is 10.1. The summed E-state index contributed by atoms with van der Waals surface area (Å²) in [6, 6.07) is 17.7. The summed E-state index contributed by atoms with van der Waals surface area (Å²) in [6.45, 7) is 3.08. The molecule has 1 N–H and O–H groups in total. The van der Waals surface area contributed by atoms with Gasteiger partial charge in [-0.25, -0.2) is 12.8 Å². The molecule has 3 aromatic rings. The third-order valence-corrected chi connectivity index (χ3v) is 8.22. The SMILES string of the molecule is CC[C@H](C(=O)NC)N(Cc1ccc(F)cc1)C(=O)CN(c1ccc(Br)cc1)S(=O)(=O)c1ccc(C)cc1. The first kappa shape index (κ1) is 28.3. The van der Waals surface area contributed by atoms with Gasteiger partial charge >= 0.3 is 0 Å². The van der Waals surface area contributed by atoms with E-state index in [2.05, 4.69) is 21.2 Å². The summed E-state index contributed by atoms with van der Waals surface area (Å²) in [6.07, 6.45) is 0.301. The molecule has 0 bridgehead atoms. The van der Waals surface area contributed by atoms with Crippen LogP contribution >= 0.6 is 15.9 Å².